The largest absolute Gasteiger partial charge is 0.381 e. The SMILES string of the molecule is COC1CCN(CCc2csc3ccccc23)CC1CS(=O)c1ccccc1. The number of thiophene rings is 1. The average Bonchev–Trinajstić information content (AvgIpc) is 3.16. The number of ether oxygens (including phenoxy) is 1. The minimum atomic E-state index is -0.975. The van der Waals surface area contributed by atoms with Crippen molar-refractivity contribution in [2.24, 2.45) is 5.92 Å². The summed E-state index contributed by atoms with van der Waals surface area (Å²) in [6.45, 7) is 3.06. The second-order valence-electron chi connectivity index (χ2n) is 7.46. The summed E-state index contributed by atoms with van der Waals surface area (Å²) in [5.41, 5.74) is 1.44. The fraction of sp³-hybridized carbons (Fsp3) is 0.391. The van der Waals surface area contributed by atoms with Gasteiger partial charge < -0.3 is 9.64 Å². The van der Waals surface area contributed by atoms with E-state index in [2.05, 4.69) is 34.5 Å². The first-order chi connectivity index (χ1) is 13.7. The van der Waals surface area contributed by atoms with E-state index in [0.717, 1.165) is 37.4 Å². The van der Waals surface area contributed by atoms with Gasteiger partial charge in [0.05, 0.1) is 16.9 Å². The number of methoxy groups -OCH3 is 1. The van der Waals surface area contributed by atoms with Crippen LogP contribution >= 0.6 is 11.3 Å². The minimum absolute atomic E-state index is 0.200. The zero-order valence-electron chi connectivity index (χ0n) is 16.3. The molecule has 5 heteroatoms. The van der Waals surface area contributed by atoms with Crippen LogP contribution in [0.5, 0.6) is 0 Å². The molecule has 0 bridgehead atoms. The van der Waals surface area contributed by atoms with Crippen LogP contribution < -0.4 is 0 Å². The number of benzene rings is 2. The summed E-state index contributed by atoms with van der Waals surface area (Å²) in [6.07, 6.45) is 2.28. The lowest BCUT2D eigenvalue weighted by atomic mass is 9.96. The number of likely N-dealkylation sites (tertiary alicyclic amines) is 1. The molecule has 0 radical (unpaired) electrons. The predicted octanol–water partition coefficient (Wildman–Crippen LogP) is 4.59. The van der Waals surface area contributed by atoms with E-state index in [1.807, 2.05) is 41.7 Å². The Morgan fingerprint density at radius 3 is 2.75 bits per heavy atom. The highest BCUT2D eigenvalue weighted by molar-refractivity contribution is 7.85. The average molecular weight is 414 g/mol. The van der Waals surface area contributed by atoms with Crippen molar-refractivity contribution in [3.8, 4) is 0 Å². The lowest BCUT2D eigenvalue weighted by Gasteiger charge is -2.37. The summed E-state index contributed by atoms with van der Waals surface area (Å²) >= 11 is 1.83. The third-order valence-corrected chi connectivity index (χ3v) is 8.22. The monoisotopic (exact) mass is 413 g/mol. The van der Waals surface area contributed by atoms with Gasteiger partial charge in [0.25, 0.3) is 0 Å². The van der Waals surface area contributed by atoms with Crippen LogP contribution in [0.3, 0.4) is 0 Å². The van der Waals surface area contributed by atoms with Gasteiger partial charge in [0.1, 0.15) is 0 Å². The standard InChI is InChI=1S/C23H27NO2S2/c1-26-22-12-14-24(13-11-18-16-27-23-10-6-5-9-21(18)23)15-19(22)17-28(25)20-7-3-2-4-8-20/h2-10,16,19,22H,11-15,17H2,1H3. The fourth-order valence-electron chi connectivity index (χ4n) is 4.13. The summed E-state index contributed by atoms with van der Waals surface area (Å²) in [5, 5.41) is 3.69. The predicted molar refractivity (Wildman–Crippen MR) is 119 cm³/mol. The molecular formula is C23H27NO2S2. The van der Waals surface area contributed by atoms with Gasteiger partial charge in [0.15, 0.2) is 0 Å². The molecule has 3 atom stereocenters. The fourth-order valence-corrected chi connectivity index (χ4v) is 6.49. The van der Waals surface area contributed by atoms with Gasteiger partial charge in [-0.15, -0.1) is 11.3 Å². The number of rotatable bonds is 7. The molecule has 1 aromatic heterocycles. The molecule has 0 spiro atoms. The molecule has 1 aliphatic rings. The van der Waals surface area contributed by atoms with Gasteiger partial charge in [0.2, 0.25) is 0 Å². The molecule has 0 amide bonds. The van der Waals surface area contributed by atoms with Crippen molar-refractivity contribution >= 4 is 32.2 Å². The van der Waals surface area contributed by atoms with Gasteiger partial charge in [-0.25, -0.2) is 0 Å². The van der Waals surface area contributed by atoms with Crippen molar-refractivity contribution in [2.45, 2.75) is 23.8 Å². The molecule has 28 heavy (non-hydrogen) atoms. The first-order valence-corrected chi connectivity index (χ1v) is 12.1. The van der Waals surface area contributed by atoms with Crippen LogP contribution in [0, 0.1) is 5.92 Å². The summed E-state index contributed by atoms with van der Waals surface area (Å²) < 4.78 is 19.9. The number of nitrogens with zero attached hydrogens (tertiary/aromatic N) is 1. The van der Waals surface area contributed by atoms with Gasteiger partial charge >= 0.3 is 0 Å². The third-order valence-electron chi connectivity index (χ3n) is 5.68. The van der Waals surface area contributed by atoms with Crippen molar-refractivity contribution in [3.63, 3.8) is 0 Å². The van der Waals surface area contributed by atoms with E-state index in [1.54, 1.807) is 7.11 Å². The molecule has 3 aromatic rings. The smallest absolute Gasteiger partial charge is 0.0632 e. The maximum Gasteiger partial charge on any atom is 0.0632 e. The molecular weight excluding hydrogens is 386 g/mol. The number of hydrogen-bond donors (Lipinski definition) is 0. The van der Waals surface area contributed by atoms with E-state index in [9.17, 15) is 4.21 Å². The highest BCUT2D eigenvalue weighted by Crippen LogP contribution is 2.27. The molecule has 148 valence electrons. The van der Waals surface area contributed by atoms with Crippen molar-refractivity contribution in [3.05, 3.63) is 65.5 Å². The first kappa shape index (κ1) is 19.8. The molecule has 0 aliphatic carbocycles. The topological polar surface area (TPSA) is 29.5 Å². The van der Waals surface area contributed by atoms with Gasteiger partial charge in [-0.2, -0.15) is 0 Å². The van der Waals surface area contributed by atoms with E-state index in [1.165, 1.54) is 15.6 Å². The molecule has 0 saturated carbocycles. The van der Waals surface area contributed by atoms with Crippen LogP contribution in [0.15, 0.2) is 64.9 Å². The maximum atomic E-state index is 12.8. The molecule has 3 unspecified atom stereocenters. The molecule has 3 nitrogen and oxygen atoms in total. The second kappa shape index (κ2) is 9.31. The molecule has 2 heterocycles. The summed E-state index contributed by atoms with van der Waals surface area (Å²) in [4.78, 5) is 3.44. The Kier molecular flexibility index (Phi) is 6.58. The third kappa shape index (κ3) is 4.54. The molecule has 0 N–H and O–H groups in total. The van der Waals surface area contributed by atoms with Crippen molar-refractivity contribution < 1.29 is 8.95 Å². The Hall–Kier alpha value is -1.53. The first-order valence-electron chi connectivity index (χ1n) is 9.88. The Bertz CT molecular complexity index is 925. The Morgan fingerprint density at radius 1 is 1.14 bits per heavy atom. The molecule has 1 aliphatic heterocycles. The van der Waals surface area contributed by atoms with E-state index in [-0.39, 0.29) is 6.10 Å². The number of hydrogen-bond acceptors (Lipinski definition) is 4. The maximum absolute atomic E-state index is 12.8. The second-order valence-corrected chi connectivity index (χ2v) is 9.86. The number of piperidine rings is 1. The van der Waals surface area contributed by atoms with E-state index < -0.39 is 10.8 Å². The van der Waals surface area contributed by atoms with Gasteiger partial charge in [-0.3, -0.25) is 4.21 Å². The van der Waals surface area contributed by atoms with Crippen LogP contribution in [-0.4, -0.2) is 47.7 Å². The van der Waals surface area contributed by atoms with Crippen LogP contribution in [0.25, 0.3) is 10.1 Å². The van der Waals surface area contributed by atoms with Gasteiger partial charge in [-0.1, -0.05) is 36.4 Å². The summed E-state index contributed by atoms with van der Waals surface area (Å²) in [5.74, 6) is 0.972. The minimum Gasteiger partial charge on any atom is -0.381 e. The van der Waals surface area contributed by atoms with Crippen molar-refractivity contribution in [1.29, 1.82) is 0 Å². The van der Waals surface area contributed by atoms with E-state index in [4.69, 9.17) is 4.74 Å². The Morgan fingerprint density at radius 2 is 1.93 bits per heavy atom. The van der Waals surface area contributed by atoms with Gasteiger partial charge in [-0.05, 0) is 47.4 Å². The van der Waals surface area contributed by atoms with Crippen molar-refractivity contribution in [1.82, 2.24) is 4.90 Å². The quantitative estimate of drug-likeness (QED) is 0.567. The van der Waals surface area contributed by atoms with Crippen LogP contribution in [0.4, 0.5) is 0 Å². The highest BCUT2D eigenvalue weighted by Gasteiger charge is 2.30. The van der Waals surface area contributed by atoms with Crippen LogP contribution in [-0.2, 0) is 22.0 Å². The Labute approximate surface area is 173 Å². The lowest BCUT2D eigenvalue weighted by Crippen LogP contribution is -2.46. The van der Waals surface area contributed by atoms with E-state index in [0.29, 0.717) is 11.7 Å². The molecule has 1 fully saturated rings. The lowest BCUT2D eigenvalue weighted by molar-refractivity contribution is 0.00242. The zero-order chi connectivity index (χ0) is 19.3. The Balaban J connectivity index is 1.38. The van der Waals surface area contributed by atoms with Crippen LogP contribution in [0.2, 0.25) is 0 Å². The highest BCUT2D eigenvalue weighted by atomic mass is 32.2. The summed E-state index contributed by atoms with van der Waals surface area (Å²) in [7, 11) is 0.813. The summed E-state index contributed by atoms with van der Waals surface area (Å²) in [6, 6.07) is 18.5. The molecule has 1 saturated heterocycles. The normalized spacial score (nSPS) is 21.8. The van der Waals surface area contributed by atoms with Gasteiger partial charge in [0, 0.05) is 48.0 Å². The van der Waals surface area contributed by atoms with Crippen LogP contribution in [0.1, 0.15) is 12.0 Å². The molecule has 2 aromatic carbocycles. The molecule has 4 rings (SSSR count). The van der Waals surface area contributed by atoms with E-state index >= 15 is 0 Å². The number of fused-ring (bicyclic) bond motifs is 1. The zero-order valence-corrected chi connectivity index (χ0v) is 17.9. The van der Waals surface area contributed by atoms with Crippen molar-refractivity contribution in [2.75, 3.05) is 32.5 Å².